The van der Waals surface area contributed by atoms with Crippen LogP contribution in [0.2, 0.25) is 0 Å². The van der Waals surface area contributed by atoms with Gasteiger partial charge in [0, 0.05) is 56.4 Å². The van der Waals surface area contributed by atoms with Crippen LogP contribution in [0.4, 0.5) is 0 Å². The fraction of sp³-hybridized carbons (Fsp3) is 1.00. The Kier molecular flexibility index (Phi) is 4.13. The number of hydrogen-bond acceptors (Lipinski definition) is 4. The van der Waals surface area contributed by atoms with Crippen molar-refractivity contribution in [3.05, 3.63) is 0 Å². The molecule has 3 fully saturated rings. The van der Waals surface area contributed by atoms with E-state index in [4.69, 9.17) is 0 Å². The highest BCUT2D eigenvalue weighted by molar-refractivity contribution is 5.12. The van der Waals surface area contributed by atoms with Crippen molar-refractivity contribution < 1.29 is 0 Å². The van der Waals surface area contributed by atoms with Crippen molar-refractivity contribution >= 4 is 0 Å². The van der Waals surface area contributed by atoms with Crippen LogP contribution < -0.4 is 5.32 Å². The Morgan fingerprint density at radius 2 is 1.64 bits per heavy atom. The predicted molar refractivity (Wildman–Crippen MR) is 93.1 cm³/mol. The molecule has 3 aliphatic rings. The molecule has 3 rings (SSSR count). The number of hydrogen-bond donors (Lipinski definition) is 1. The summed E-state index contributed by atoms with van der Waals surface area (Å²) in [7, 11) is 0. The van der Waals surface area contributed by atoms with Crippen LogP contribution in [0.1, 0.15) is 54.4 Å². The van der Waals surface area contributed by atoms with Gasteiger partial charge in [0.1, 0.15) is 0 Å². The zero-order valence-electron chi connectivity index (χ0n) is 15.6. The van der Waals surface area contributed by atoms with Crippen LogP contribution in [0.25, 0.3) is 0 Å². The van der Waals surface area contributed by atoms with Gasteiger partial charge in [-0.25, -0.2) is 0 Å². The lowest BCUT2D eigenvalue weighted by molar-refractivity contribution is -0.101. The molecule has 0 bridgehead atoms. The first kappa shape index (κ1) is 16.7. The summed E-state index contributed by atoms with van der Waals surface area (Å²) in [5.41, 5.74) is 0.944. The molecular weight excluding hydrogens is 272 g/mol. The van der Waals surface area contributed by atoms with Gasteiger partial charge in [0.25, 0.3) is 0 Å². The Morgan fingerprint density at radius 1 is 0.955 bits per heavy atom. The Hall–Kier alpha value is -0.160. The van der Waals surface area contributed by atoms with E-state index < -0.39 is 0 Å². The van der Waals surface area contributed by atoms with E-state index in [0.29, 0.717) is 17.1 Å². The smallest absolute Gasteiger partial charge is 0.0681 e. The lowest BCUT2D eigenvalue weighted by atomic mass is 9.96. The maximum absolute atomic E-state index is 3.57. The van der Waals surface area contributed by atoms with Gasteiger partial charge in [-0.2, -0.15) is 0 Å². The summed E-state index contributed by atoms with van der Waals surface area (Å²) in [6.07, 6.45) is 2.77. The topological polar surface area (TPSA) is 21.8 Å². The second kappa shape index (κ2) is 5.44. The fourth-order valence-corrected chi connectivity index (χ4v) is 4.69. The van der Waals surface area contributed by atoms with Crippen molar-refractivity contribution in [2.75, 3.05) is 39.3 Å². The molecule has 4 heteroatoms. The van der Waals surface area contributed by atoms with Crippen LogP contribution in [-0.2, 0) is 0 Å². The summed E-state index contributed by atoms with van der Waals surface area (Å²) in [6.45, 7) is 21.4. The van der Waals surface area contributed by atoms with Crippen molar-refractivity contribution in [3.63, 3.8) is 0 Å². The van der Waals surface area contributed by atoms with E-state index in [1.165, 1.54) is 45.6 Å². The summed E-state index contributed by atoms with van der Waals surface area (Å²) in [6, 6.07) is 0.610. The summed E-state index contributed by atoms with van der Waals surface area (Å²) in [5, 5.41) is 3.57. The molecule has 0 unspecified atom stereocenters. The minimum atomic E-state index is 0.177. The Morgan fingerprint density at radius 3 is 2.18 bits per heavy atom. The van der Waals surface area contributed by atoms with Crippen molar-refractivity contribution in [2.24, 2.45) is 0 Å². The molecule has 1 N–H and O–H groups in total. The highest BCUT2D eigenvalue weighted by atomic mass is 15.5. The third kappa shape index (κ3) is 2.95. The summed E-state index contributed by atoms with van der Waals surface area (Å²) >= 11 is 0. The van der Waals surface area contributed by atoms with E-state index in [0.717, 1.165) is 6.54 Å². The minimum absolute atomic E-state index is 0.177. The molecule has 0 radical (unpaired) electrons. The summed E-state index contributed by atoms with van der Waals surface area (Å²) < 4.78 is 0. The SMILES string of the molecule is C[C@H]1CN(C(C)(C)N2CCN(C(C)(C)C)C3(CC3)C2)CCN1. The summed E-state index contributed by atoms with van der Waals surface area (Å²) in [5.74, 6) is 0. The zero-order valence-corrected chi connectivity index (χ0v) is 15.6. The normalized spacial score (nSPS) is 31.6. The minimum Gasteiger partial charge on any atom is -0.312 e. The summed E-state index contributed by atoms with van der Waals surface area (Å²) in [4.78, 5) is 8.24. The molecule has 4 nitrogen and oxygen atoms in total. The van der Waals surface area contributed by atoms with E-state index in [2.05, 4.69) is 61.6 Å². The molecule has 2 aliphatic heterocycles. The lowest BCUT2D eigenvalue weighted by Crippen LogP contribution is -2.69. The highest BCUT2D eigenvalue weighted by Crippen LogP contribution is 2.48. The lowest BCUT2D eigenvalue weighted by Gasteiger charge is -2.56. The molecule has 0 aromatic rings. The van der Waals surface area contributed by atoms with Crippen LogP contribution in [-0.4, -0.2) is 76.8 Å². The average molecular weight is 309 g/mol. The monoisotopic (exact) mass is 308 g/mol. The quantitative estimate of drug-likeness (QED) is 0.842. The first-order valence-electron chi connectivity index (χ1n) is 9.16. The van der Waals surface area contributed by atoms with E-state index in [1.54, 1.807) is 0 Å². The second-order valence-corrected chi connectivity index (χ2v) is 9.26. The van der Waals surface area contributed by atoms with E-state index in [9.17, 15) is 0 Å². The highest BCUT2D eigenvalue weighted by Gasteiger charge is 2.56. The molecule has 0 aromatic carbocycles. The number of nitrogens with one attached hydrogen (secondary N) is 1. The Labute approximate surface area is 137 Å². The number of rotatable bonds is 2. The van der Waals surface area contributed by atoms with Crippen molar-refractivity contribution in [1.82, 2.24) is 20.0 Å². The van der Waals surface area contributed by atoms with E-state index >= 15 is 0 Å². The molecule has 2 heterocycles. The predicted octanol–water partition coefficient (Wildman–Crippen LogP) is 1.96. The first-order chi connectivity index (χ1) is 10.2. The third-order valence-corrected chi connectivity index (χ3v) is 6.20. The molecular formula is C18H36N4. The number of piperazine rings is 2. The fourth-order valence-electron chi connectivity index (χ4n) is 4.69. The van der Waals surface area contributed by atoms with Crippen LogP contribution in [0.15, 0.2) is 0 Å². The molecule has 128 valence electrons. The maximum atomic E-state index is 3.57. The first-order valence-corrected chi connectivity index (χ1v) is 9.16. The van der Waals surface area contributed by atoms with Gasteiger partial charge < -0.3 is 5.32 Å². The van der Waals surface area contributed by atoms with Gasteiger partial charge in [0.2, 0.25) is 0 Å². The van der Waals surface area contributed by atoms with Gasteiger partial charge in [0.15, 0.2) is 0 Å². The molecule has 2 saturated heterocycles. The average Bonchev–Trinajstić information content (AvgIpc) is 3.16. The van der Waals surface area contributed by atoms with Crippen LogP contribution >= 0.6 is 0 Å². The zero-order chi connectivity index (χ0) is 16.2. The molecule has 1 spiro atoms. The van der Waals surface area contributed by atoms with Crippen LogP contribution in [0.3, 0.4) is 0 Å². The second-order valence-electron chi connectivity index (χ2n) is 9.26. The van der Waals surface area contributed by atoms with E-state index in [-0.39, 0.29) is 5.66 Å². The Balaban J connectivity index is 1.71. The van der Waals surface area contributed by atoms with Gasteiger partial charge in [-0.15, -0.1) is 0 Å². The molecule has 0 amide bonds. The van der Waals surface area contributed by atoms with Gasteiger partial charge >= 0.3 is 0 Å². The van der Waals surface area contributed by atoms with Crippen LogP contribution in [0, 0.1) is 0 Å². The van der Waals surface area contributed by atoms with Gasteiger partial charge in [0.05, 0.1) is 5.66 Å². The maximum Gasteiger partial charge on any atom is 0.0681 e. The Bertz CT molecular complexity index is 408. The van der Waals surface area contributed by atoms with Crippen molar-refractivity contribution in [3.8, 4) is 0 Å². The molecule has 1 aliphatic carbocycles. The van der Waals surface area contributed by atoms with Gasteiger partial charge in [-0.3, -0.25) is 14.7 Å². The van der Waals surface area contributed by atoms with Crippen molar-refractivity contribution in [2.45, 2.75) is 77.2 Å². The van der Waals surface area contributed by atoms with E-state index in [1.807, 2.05) is 0 Å². The third-order valence-electron chi connectivity index (χ3n) is 6.20. The number of nitrogens with zero attached hydrogens (tertiary/aromatic N) is 3. The van der Waals surface area contributed by atoms with Gasteiger partial charge in [-0.1, -0.05) is 0 Å². The molecule has 0 aromatic heterocycles. The molecule has 1 saturated carbocycles. The standard InChI is InChI=1S/C18H36N4/c1-15-13-20(10-9-19-15)17(5,6)21-11-12-22(16(2,3)4)18(14-21)7-8-18/h15,19H,7-14H2,1-6H3/t15-/m0/s1. The molecule has 22 heavy (non-hydrogen) atoms. The van der Waals surface area contributed by atoms with Crippen molar-refractivity contribution in [1.29, 1.82) is 0 Å². The van der Waals surface area contributed by atoms with Crippen LogP contribution in [0.5, 0.6) is 0 Å². The van der Waals surface area contributed by atoms with Gasteiger partial charge in [-0.05, 0) is 54.4 Å². The largest absolute Gasteiger partial charge is 0.312 e. The molecule has 1 atom stereocenters.